The Labute approximate surface area is 170 Å². The first kappa shape index (κ1) is 17.8. The van der Waals surface area contributed by atoms with Gasteiger partial charge in [-0.05, 0) is 42.3 Å². The van der Waals surface area contributed by atoms with Crippen LogP contribution in [0.3, 0.4) is 0 Å². The van der Waals surface area contributed by atoms with Gasteiger partial charge in [0.1, 0.15) is 5.69 Å². The molecule has 0 radical (unpaired) electrons. The third kappa shape index (κ3) is 3.32. The first-order chi connectivity index (χ1) is 14.7. The third-order valence-electron chi connectivity index (χ3n) is 4.93. The highest BCUT2D eigenvalue weighted by atomic mass is 16.6. The van der Waals surface area contributed by atoms with Crippen molar-refractivity contribution < 1.29 is 4.92 Å². The highest BCUT2D eigenvalue weighted by Gasteiger charge is 2.15. The van der Waals surface area contributed by atoms with Crippen LogP contribution >= 0.6 is 0 Å². The van der Waals surface area contributed by atoms with E-state index in [0.717, 1.165) is 35.1 Å². The highest BCUT2D eigenvalue weighted by molar-refractivity contribution is 5.94. The van der Waals surface area contributed by atoms with Crippen molar-refractivity contribution in [2.24, 2.45) is 0 Å². The summed E-state index contributed by atoms with van der Waals surface area (Å²) in [4.78, 5) is 22.6. The quantitative estimate of drug-likeness (QED) is 0.292. The lowest BCUT2D eigenvalue weighted by Gasteiger charge is -2.06. The zero-order valence-electron chi connectivity index (χ0n) is 15.8. The lowest BCUT2D eigenvalue weighted by atomic mass is 10.2. The van der Waals surface area contributed by atoms with E-state index >= 15 is 0 Å². The van der Waals surface area contributed by atoms with E-state index in [9.17, 15) is 10.1 Å². The molecule has 2 aromatic carbocycles. The lowest BCUT2D eigenvalue weighted by Crippen LogP contribution is -2.04. The summed E-state index contributed by atoms with van der Waals surface area (Å²) in [6.45, 7) is 0.793. The van der Waals surface area contributed by atoms with Crippen molar-refractivity contribution in [3.8, 4) is 11.5 Å². The van der Waals surface area contributed by atoms with Gasteiger partial charge in [-0.25, -0.2) is 4.98 Å². The van der Waals surface area contributed by atoms with Gasteiger partial charge in [-0.15, -0.1) is 0 Å². The van der Waals surface area contributed by atoms with Crippen LogP contribution in [0.4, 0.5) is 11.4 Å². The van der Waals surface area contributed by atoms with Gasteiger partial charge in [-0.1, -0.05) is 6.07 Å². The molecule has 0 aliphatic rings. The number of H-pyrrole nitrogens is 2. The third-order valence-corrected chi connectivity index (χ3v) is 4.93. The number of non-ortho nitro benzene ring substituents is 1. The van der Waals surface area contributed by atoms with Crippen molar-refractivity contribution in [3.05, 3.63) is 76.6 Å². The monoisotopic (exact) mass is 399 g/mol. The van der Waals surface area contributed by atoms with E-state index in [1.165, 1.54) is 17.7 Å². The maximum absolute atomic E-state index is 11.0. The number of nitrogens with one attached hydrogen (secondary N) is 3. The molecule has 0 saturated heterocycles. The van der Waals surface area contributed by atoms with Crippen LogP contribution in [-0.2, 0) is 6.42 Å². The second kappa shape index (κ2) is 7.28. The smallest absolute Gasteiger partial charge is 0.271 e. The first-order valence-corrected chi connectivity index (χ1v) is 9.43. The van der Waals surface area contributed by atoms with Gasteiger partial charge in [0.15, 0.2) is 5.82 Å². The molecule has 3 aromatic heterocycles. The van der Waals surface area contributed by atoms with Gasteiger partial charge < -0.3 is 10.3 Å². The average molecular weight is 399 g/mol. The largest absolute Gasteiger partial charge is 0.385 e. The molecule has 0 bridgehead atoms. The maximum atomic E-state index is 11.0. The average Bonchev–Trinajstić information content (AvgIpc) is 3.37. The molecule has 0 aliphatic carbocycles. The molecule has 0 amide bonds. The molecule has 0 atom stereocenters. The Hall–Kier alpha value is -4.27. The van der Waals surface area contributed by atoms with Gasteiger partial charge in [0, 0.05) is 42.1 Å². The topological polar surface area (TPSA) is 125 Å². The summed E-state index contributed by atoms with van der Waals surface area (Å²) in [7, 11) is 0. The molecule has 5 rings (SSSR count). The molecule has 0 unspecified atom stereocenters. The summed E-state index contributed by atoms with van der Waals surface area (Å²) in [5, 5.41) is 22.3. The predicted octanol–water partition coefficient (Wildman–Crippen LogP) is 4.06. The second-order valence-electron chi connectivity index (χ2n) is 6.91. The lowest BCUT2D eigenvalue weighted by molar-refractivity contribution is -0.384. The van der Waals surface area contributed by atoms with Crippen LogP contribution in [0.25, 0.3) is 33.5 Å². The number of aromatic nitrogens is 5. The number of hydrogen-bond acceptors (Lipinski definition) is 6. The van der Waals surface area contributed by atoms with Crippen molar-refractivity contribution >= 4 is 33.3 Å². The summed E-state index contributed by atoms with van der Waals surface area (Å²) in [6.07, 6.45) is 4.52. The standard InChI is InChI=1S/C21H17N7O2/c29-28(30)15-4-5-16-18(11-15)26-27-20(16)21-24-17-6-3-14(10-19(17)25-21)23-9-7-13-2-1-8-22-12-13/h1-6,8,10-12,23H,7,9H2,(H,24,25)(H,26,27). The molecule has 9 nitrogen and oxygen atoms in total. The van der Waals surface area contributed by atoms with Crippen LogP contribution in [0.15, 0.2) is 60.9 Å². The van der Waals surface area contributed by atoms with Crippen LogP contribution in [0.1, 0.15) is 5.56 Å². The maximum Gasteiger partial charge on any atom is 0.271 e. The predicted molar refractivity (Wildman–Crippen MR) is 114 cm³/mol. The first-order valence-electron chi connectivity index (χ1n) is 9.43. The van der Waals surface area contributed by atoms with Crippen LogP contribution in [0, 0.1) is 10.1 Å². The van der Waals surface area contributed by atoms with Gasteiger partial charge in [0.25, 0.3) is 5.69 Å². The van der Waals surface area contributed by atoms with Crippen molar-refractivity contribution in [1.29, 1.82) is 0 Å². The Morgan fingerprint density at radius 2 is 2.03 bits per heavy atom. The van der Waals surface area contributed by atoms with Gasteiger partial charge in [-0.3, -0.25) is 20.2 Å². The summed E-state index contributed by atoms with van der Waals surface area (Å²) in [6, 6.07) is 14.6. The molecule has 5 aromatic rings. The molecule has 0 fully saturated rings. The fourth-order valence-corrected chi connectivity index (χ4v) is 3.43. The van der Waals surface area contributed by atoms with E-state index in [4.69, 9.17) is 0 Å². The molecule has 30 heavy (non-hydrogen) atoms. The molecule has 0 spiro atoms. The second-order valence-corrected chi connectivity index (χ2v) is 6.91. The number of benzene rings is 2. The summed E-state index contributed by atoms with van der Waals surface area (Å²) < 4.78 is 0. The summed E-state index contributed by atoms with van der Waals surface area (Å²) >= 11 is 0. The van der Waals surface area contributed by atoms with Crippen molar-refractivity contribution in [2.45, 2.75) is 6.42 Å². The highest BCUT2D eigenvalue weighted by Crippen LogP contribution is 2.29. The fraction of sp³-hybridized carbons (Fsp3) is 0.0952. The SMILES string of the molecule is O=[N+]([O-])c1ccc2c(-c3nc4ccc(NCCc5cccnc5)cc4[nH]3)n[nH]c2c1. The van der Waals surface area contributed by atoms with Crippen molar-refractivity contribution in [2.75, 3.05) is 11.9 Å². The zero-order valence-corrected chi connectivity index (χ0v) is 15.8. The van der Waals surface area contributed by atoms with Gasteiger partial charge in [0.05, 0.1) is 21.5 Å². The molecule has 3 heterocycles. The van der Waals surface area contributed by atoms with Crippen LogP contribution < -0.4 is 5.32 Å². The van der Waals surface area contributed by atoms with Gasteiger partial charge in [-0.2, -0.15) is 5.10 Å². The minimum Gasteiger partial charge on any atom is -0.385 e. The molecule has 9 heteroatoms. The Kier molecular flexibility index (Phi) is 4.32. The molecular formula is C21H17N7O2. The Morgan fingerprint density at radius 3 is 2.87 bits per heavy atom. The fourth-order valence-electron chi connectivity index (χ4n) is 3.43. The Bertz CT molecular complexity index is 1360. The zero-order chi connectivity index (χ0) is 20.5. The number of aromatic amines is 2. The van der Waals surface area contributed by atoms with E-state index < -0.39 is 4.92 Å². The summed E-state index contributed by atoms with van der Waals surface area (Å²) in [5.74, 6) is 0.609. The number of nitro benzene ring substituents is 1. The molecule has 148 valence electrons. The summed E-state index contributed by atoms with van der Waals surface area (Å²) in [5.41, 5.74) is 5.11. The number of nitrogens with zero attached hydrogens (tertiary/aromatic N) is 4. The molecular weight excluding hydrogens is 382 g/mol. The van der Waals surface area contributed by atoms with E-state index in [1.807, 2.05) is 30.5 Å². The number of pyridine rings is 1. The number of fused-ring (bicyclic) bond motifs is 2. The number of imidazole rings is 1. The van der Waals surface area contributed by atoms with Crippen LogP contribution in [0.5, 0.6) is 0 Å². The Balaban J connectivity index is 1.39. The minimum absolute atomic E-state index is 0.0179. The molecule has 0 aliphatic heterocycles. The number of rotatable bonds is 6. The van der Waals surface area contributed by atoms with Gasteiger partial charge in [0.2, 0.25) is 0 Å². The van der Waals surface area contributed by atoms with E-state index in [0.29, 0.717) is 17.0 Å². The number of hydrogen-bond donors (Lipinski definition) is 3. The molecule has 0 saturated carbocycles. The van der Waals surface area contributed by atoms with E-state index in [1.54, 1.807) is 12.3 Å². The minimum atomic E-state index is -0.427. The number of anilines is 1. The van der Waals surface area contributed by atoms with Crippen molar-refractivity contribution in [1.82, 2.24) is 25.1 Å². The van der Waals surface area contributed by atoms with Crippen LogP contribution in [-0.4, -0.2) is 36.6 Å². The van der Waals surface area contributed by atoms with Crippen LogP contribution in [0.2, 0.25) is 0 Å². The van der Waals surface area contributed by atoms with Crippen molar-refractivity contribution in [3.63, 3.8) is 0 Å². The number of nitro groups is 1. The van der Waals surface area contributed by atoms with Gasteiger partial charge >= 0.3 is 0 Å². The van der Waals surface area contributed by atoms with E-state index in [2.05, 4.69) is 36.5 Å². The Morgan fingerprint density at radius 1 is 1.10 bits per heavy atom. The normalized spacial score (nSPS) is 11.2. The van der Waals surface area contributed by atoms with E-state index in [-0.39, 0.29) is 5.69 Å². The molecule has 3 N–H and O–H groups in total.